The van der Waals surface area contributed by atoms with Gasteiger partial charge in [0.05, 0.1) is 12.3 Å². The Kier molecular flexibility index (Phi) is 8.54. The average molecular weight is 453 g/mol. The maximum atomic E-state index is 12.0. The number of nitrogens with zero attached hydrogens (tertiary/aromatic N) is 1. The third kappa shape index (κ3) is 7.73. The van der Waals surface area contributed by atoms with Crippen molar-refractivity contribution in [1.29, 1.82) is 0 Å². The van der Waals surface area contributed by atoms with Crippen LogP contribution in [-0.4, -0.2) is 49.8 Å². The Hall–Kier alpha value is -3.72. The van der Waals surface area contributed by atoms with Crippen molar-refractivity contribution < 1.29 is 23.9 Å². The Balaban J connectivity index is 1.38. The molecule has 1 atom stereocenters. The first-order valence-corrected chi connectivity index (χ1v) is 10.7. The Labute approximate surface area is 192 Å². The first-order chi connectivity index (χ1) is 15.9. The molecule has 1 aliphatic rings. The molecule has 0 unspecified atom stereocenters. The molecule has 3 N–H and O–H groups in total. The number of rotatable bonds is 8. The molecule has 2 aromatic carbocycles. The lowest BCUT2D eigenvalue weighted by Gasteiger charge is -2.11. The number of nitrogens with one attached hydrogen (secondary N) is 3. The van der Waals surface area contributed by atoms with Crippen LogP contribution in [0.15, 0.2) is 47.6 Å². The van der Waals surface area contributed by atoms with Gasteiger partial charge in [0.1, 0.15) is 5.75 Å². The van der Waals surface area contributed by atoms with Crippen LogP contribution in [0.1, 0.15) is 29.5 Å². The minimum absolute atomic E-state index is 0.0888. The molecule has 0 radical (unpaired) electrons. The van der Waals surface area contributed by atoms with Gasteiger partial charge in [0.25, 0.3) is 5.91 Å². The molecule has 174 valence electrons. The SMILES string of the molecule is Cc1ccc(NC(=O)C(=O)N/N=C\c2ccc(OCC(=O)NC[C@@H]3CCCO3)cc2)cc1C. The van der Waals surface area contributed by atoms with Gasteiger partial charge < -0.3 is 20.1 Å². The standard InChI is InChI=1S/C24H28N4O5/c1-16-5-8-19(12-17(16)2)27-23(30)24(31)28-26-13-18-6-9-20(10-7-18)33-15-22(29)25-14-21-4-3-11-32-21/h5-10,12-13,21H,3-4,11,14-15H2,1-2H3,(H,25,29)(H,27,30)(H,28,31)/b26-13-/t21-/m0/s1. The van der Waals surface area contributed by atoms with E-state index in [2.05, 4.69) is 21.2 Å². The summed E-state index contributed by atoms with van der Waals surface area (Å²) in [4.78, 5) is 35.8. The van der Waals surface area contributed by atoms with Gasteiger partial charge in [-0.2, -0.15) is 5.10 Å². The highest BCUT2D eigenvalue weighted by Gasteiger charge is 2.16. The number of hydrazone groups is 1. The van der Waals surface area contributed by atoms with Crippen molar-refractivity contribution in [3.63, 3.8) is 0 Å². The van der Waals surface area contributed by atoms with Gasteiger partial charge >= 0.3 is 11.8 Å². The molecule has 3 rings (SSSR count). The number of carbonyl (C=O) groups is 3. The van der Waals surface area contributed by atoms with E-state index < -0.39 is 11.8 Å². The summed E-state index contributed by atoms with van der Waals surface area (Å²) in [6, 6.07) is 12.2. The van der Waals surface area contributed by atoms with E-state index in [-0.39, 0.29) is 18.6 Å². The van der Waals surface area contributed by atoms with Crippen molar-refractivity contribution in [3.05, 3.63) is 59.2 Å². The van der Waals surface area contributed by atoms with Gasteiger partial charge in [-0.25, -0.2) is 5.43 Å². The van der Waals surface area contributed by atoms with E-state index in [1.165, 1.54) is 6.21 Å². The molecule has 1 fully saturated rings. The van der Waals surface area contributed by atoms with Crippen molar-refractivity contribution in [2.75, 3.05) is 25.1 Å². The first-order valence-electron chi connectivity index (χ1n) is 10.7. The molecule has 3 amide bonds. The molecule has 9 nitrogen and oxygen atoms in total. The quantitative estimate of drug-likeness (QED) is 0.322. The van der Waals surface area contributed by atoms with Gasteiger partial charge in [0.15, 0.2) is 6.61 Å². The van der Waals surface area contributed by atoms with E-state index in [0.29, 0.717) is 23.5 Å². The second-order valence-electron chi connectivity index (χ2n) is 7.75. The number of ether oxygens (including phenoxy) is 2. The summed E-state index contributed by atoms with van der Waals surface area (Å²) >= 11 is 0. The van der Waals surface area contributed by atoms with Crippen molar-refractivity contribution in [2.24, 2.45) is 5.10 Å². The van der Waals surface area contributed by atoms with Gasteiger partial charge in [0, 0.05) is 18.8 Å². The van der Waals surface area contributed by atoms with Crippen molar-refractivity contribution in [2.45, 2.75) is 32.8 Å². The lowest BCUT2D eigenvalue weighted by atomic mass is 10.1. The molecular formula is C24H28N4O5. The number of carbonyl (C=O) groups excluding carboxylic acids is 3. The predicted molar refractivity (Wildman–Crippen MR) is 124 cm³/mol. The van der Waals surface area contributed by atoms with E-state index in [9.17, 15) is 14.4 Å². The smallest absolute Gasteiger partial charge is 0.329 e. The first kappa shape index (κ1) is 23.9. The summed E-state index contributed by atoms with van der Waals surface area (Å²) in [6.45, 7) is 5.03. The highest BCUT2D eigenvalue weighted by molar-refractivity contribution is 6.39. The fraction of sp³-hybridized carbons (Fsp3) is 0.333. The van der Waals surface area contributed by atoms with Gasteiger partial charge in [-0.1, -0.05) is 6.07 Å². The third-order valence-electron chi connectivity index (χ3n) is 5.15. The summed E-state index contributed by atoms with van der Waals surface area (Å²) in [7, 11) is 0. The lowest BCUT2D eigenvalue weighted by Crippen LogP contribution is -2.35. The molecule has 9 heteroatoms. The highest BCUT2D eigenvalue weighted by Crippen LogP contribution is 2.14. The molecule has 0 aliphatic carbocycles. The van der Waals surface area contributed by atoms with Gasteiger partial charge in [-0.3, -0.25) is 14.4 Å². The van der Waals surface area contributed by atoms with Crippen LogP contribution < -0.4 is 20.8 Å². The van der Waals surface area contributed by atoms with Crippen LogP contribution in [0.4, 0.5) is 5.69 Å². The topological polar surface area (TPSA) is 118 Å². The van der Waals surface area contributed by atoms with Crippen molar-refractivity contribution in [3.8, 4) is 5.75 Å². The molecule has 0 aromatic heterocycles. The number of anilines is 1. The predicted octanol–water partition coefficient (Wildman–Crippen LogP) is 2.07. The van der Waals surface area contributed by atoms with Crippen LogP contribution in [0.3, 0.4) is 0 Å². The van der Waals surface area contributed by atoms with Crippen molar-refractivity contribution >= 4 is 29.6 Å². The van der Waals surface area contributed by atoms with E-state index in [1.54, 1.807) is 36.4 Å². The lowest BCUT2D eigenvalue weighted by molar-refractivity contribution is -0.136. The fourth-order valence-corrected chi connectivity index (χ4v) is 3.11. The second kappa shape index (κ2) is 11.8. The van der Waals surface area contributed by atoms with Crippen LogP contribution in [0, 0.1) is 13.8 Å². The monoisotopic (exact) mass is 452 g/mol. The molecule has 2 aromatic rings. The zero-order valence-electron chi connectivity index (χ0n) is 18.7. The normalized spacial score (nSPS) is 15.3. The Morgan fingerprint density at radius 1 is 1.09 bits per heavy atom. The maximum Gasteiger partial charge on any atom is 0.329 e. The summed E-state index contributed by atoms with van der Waals surface area (Å²) in [5.74, 6) is -1.37. The van der Waals surface area contributed by atoms with Crippen LogP contribution in [-0.2, 0) is 19.1 Å². The Bertz CT molecular complexity index is 1010. The van der Waals surface area contributed by atoms with E-state index in [1.807, 2.05) is 19.9 Å². The van der Waals surface area contributed by atoms with Gasteiger partial charge in [0.2, 0.25) is 0 Å². The summed E-state index contributed by atoms with van der Waals surface area (Å²) in [5, 5.41) is 9.12. The number of amides is 3. The highest BCUT2D eigenvalue weighted by atomic mass is 16.5. The van der Waals surface area contributed by atoms with Crippen LogP contribution in [0.25, 0.3) is 0 Å². The number of hydrogen-bond acceptors (Lipinski definition) is 6. The van der Waals surface area contributed by atoms with Crippen molar-refractivity contribution in [1.82, 2.24) is 10.7 Å². The molecular weight excluding hydrogens is 424 g/mol. The van der Waals surface area contributed by atoms with Crippen LogP contribution in [0.5, 0.6) is 5.75 Å². The van der Waals surface area contributed by atoms with E-state index in [0.717, 1.165) is 30.6 Å². The third-order valence-corrected chi connectivity index (χ3v) is 5.15. The zero-order valence-corrected chi connectivity index (χ0v) is 18.7. The molecule has 1 saturated heterocycles. The molecule has 0 saturated carbocycles. The molecule has 33 heavy (non-hydrogen) atoms. The zero-order chi connectivity index (χ0) is 23.6. The van der Waals surface area contributed by atoms with E-state index >= 15 is 0 Å². The van der Waals surface area contributed by atoms with Gasteiger partial charge in [-0.05, 0) is 79.8 Å². The molecule has 1 aliphatic heterocycles. The molecule has 0 bridgehead atoms. The summed E-state index contributed by atoms with van der Waals surface area (Å²) in [5.41, 5.74) is 5.52. The second-order valence-corrected chi connectivity index (χ2v) is 7.75. The Morgan fingerprint density at radius 2 is 1.88 bits per heavy atom. The minimum Gasteiger partial charge on any atom is -0.484 e. The minimum atomic E-state index is -0.876. The van der Waals surface area contributed by atoms with Crippen LogP contribution in [0.2, 0.25) is 0 Å². The maximum absolute atomic E-state index is 12.0. The molecule has 0 spiro atoms. The summed E-state index contributed by atoms with van der Waals surface area (Å²) in [6.07, 6.45) is 3.48. The number of benzene rings is 2. The van der Waals surface area contributed by atoms with Gasteiger partial charge in [-0.15, -0.1) is 0 Å². The largest absolute Gasteiger partial charge is 0.484 e. The Morgan fingerprint density at radius 3 is 2.58 bits per heavy atom. The summed E-state index contributed by atoms with van der Waals surface area (Å²) < 4.78 is 10.9. The average Bonchev–Trinajstić information content (AvgIpc) is 3.33. The fourth-order valence-electron chi connectivity index (χ4n) is 3.11. The van der Waals surface area contributed by atoms with Crippen LogP contribution >= 0.6 is 0 Å². The number of aryl methyl sites for hydroxylation is 2. The number of hydrogen-bond donors (Lipinski definition) is 3. The molecule has 1 heterocycles. The van der Waals surface area contributed by atoms with E-state index in [4.69, 9.17) is 9.47 Å².